The van der Waals surface area contributed by atoms with Gasteiger partial charge in [0.05, 0.1) is 20.6 Å². The Morgan fingerprint density at radius 3 is 2.23 bits per heavy atom. The third-order valence-corrected chi connectivity index (χ3v) is 5.07. The highest BCUT2D eigenvalue weighted by Gasteiger charge is 2.28. The molecule has 31 heavy (non-hydrogen) atoms. The van der Waals surface area contributed by atoms with Crippen LogP contribution in [-0.2, 0) is 22.6 Å². The molecule has 0 aromatic heterocycles. The molecule has 0 aliphatic rings. The van der Waals surface area contributed by atoms with E-state index in [0.29, 0.717) is 25.4 Å². The summed E-state index contributed by atoms with van der Waals surface area (Å²) in [4.78, 5) is 28.0. The highest BCUT2D eigenvalue weighted by molar-refractivity contribution is 5.88. The fourth-order valence-corrected chi connectivity index (χ4v) is 3.33. The van der Waals surface area contributed by atoms with Crippen LogP contribution in [-0.4, -0.2) is 43.5 Å². The van der Waals surface area contributed by atoms with E-state index in [1.54, 1.807) is 19.1 Å². The molecule has 0 aliphatic carbocycles. The molecule has 0 radical (unpaired) electrons. The van der Waals surface area contributed by atoms with Crippen molar-refractivity contribution in [3.63, 3.8) is 0 Å². The van der Waals surface area contributed by atoms with Crippen LogP contribution in [0.2, 0.25) is 0 Å². The van der Waals surface area contributed by atoms with Gasteiger partial charge in [0.15, 0.2) is 0 Å². The van der Waals surface area contributed by atoms with E-state index in [-0.39, 0.29) is 18.2 Å². The molecule has 0 aliphatic heterocycles. The van der Waals surface area contributed by atoms with Gasteiger partial charge in [-0.1, -0.05) is 45.0 Å². The number of amides is 2. The van der Waals surface area contributed by atoms with E-state index in [0.717, 1.165) is 22.6 Å². The molecule has 0 heterocycles. The van der Waals surface area contributed by atoms with Gasteiger partial charge in [0, 0.05) is 13.1 Å². The summed E-state index contributed by atoms with van der Waals surface area (Å²) in [7, 11) is 3.22. The normalized spacial score (nSPS) is 11.7. The largest absolute Gasteiger partial charge is 0.497 e. The summed E-state index contributed by atoms with van der Waals surface area (Å²) in [6.45, 7) is 6.93. The van der Waals surface area contributed by atoms with Gasteiger partial charge in [0.25, 0.3) is 0 Å². The Labute approximate surface area is 185 Å². The van der Waals surface area contributed by atoms with Crippen LogP contribution in [0, 0.1) is 5.92 Å². The molecule has 6 heteroatoms. The molecule has 2 aromatic carbocycles. The highest BCUT2D eigenvalue weighted by Crippen LogP contribution is 2.19. The summed E-state index contributed by atoms with van der Waals surface area (Å²) < 4.78 is 10.5. The van der Waals surface area contributed by atoms with Crippen LogP contribution in [0.1, 0.15) is 38.3 Å². The Bertz CT molecular complexity index is 849. The van der Waals surface area contributed by atoms with Crippen LogP contribution in [0.5, 0.6) is 11.5 Å². The smallest absolute Gasteiger partial charge is 0.242 e. The molecule has 2 rings (SSSR count). The fourth-order valence-electron chi connectivity index (χ4n) is 3.33. The fraction of sp³-hybridized carbons (Fsp3) is 0.440. The lowest BCUT2D eigenvalue weighted by atomic mass is 10.1. The van der Waals surface area contributed by atoms with E-state index in [4.69, 9.17) is 9.47 Å². The predicted octanol–water partition coefficient (Wildman–Crippen LogP) is 3.83. The first-order valence-electron chi connectivity index (χ1n) is 10.7. The molecule has 168 valence electrons. The minimum atomic E-state index is -0.546. The van der Waals surface area contributed by atoms with E-state index < -0.39 is 6.04 Å². The van der Waals surface area contributed by atoms with Crippen molar-refractivity contribution in [2.75, 3.05) is 20.8 Å². The second-order valence-corrected chi connectivity index (χ2v) is 7.96. The third-order valence-electron chi connectivity index (χ3n) is 5.07. The standard InChI is InChI=1S/C25H34N2O4/c1-6-23(25(29)26-16-18(2)3)27(17-20-8-7-9-22(14-20)31-5)24(28)15-19-10-12-21(30-4)13-11-19/h7-14,18,23H,6,15-17H2,1-5H3,(H,26,29). The SMILES string of the molecule is CCC(C(=O)NCC(C)C)N(Cc1cccc(OC)c1)C(=O)Cc1ccc(OC)cc1. The number of nitrogens with one attached hydrogen (secondary N) is 1. The summed E-state index contributed by atoms with van der Waals surface area (Å²) in [6, 6.07) is 14.5. The number of carbonyl (C=O) groups excluding carboxylic acids is 2. The Balaban J connectivity index is 2.27. The summed E-state index contributed by atoms with van der Waals surface area (Å²) in [5.41, 5.74) is 1.79. The van der Waals surface area contributed by atoms with Crippen molar-refractivity contribution < 1.29 is 19.1 Å². The van der Waals surface area contributed by atoms with Gasteiger partial charge in [-0.05, 0) is 47.7 Å². The minimum Gasteiger partial charge on any atom is -0.497 e. The zero-order valence-corrected chi connectivity index (χ0v) is 19.2. The molecule has 0 saturated carbocycles. The number of ether oxygens (including phenoxy) is 2. The van der Waals surface area contributed by atoms with Crippen LogP contribution in [0.4, 0.5) is 0 Å². The zero-order chi connectivity index (χ0) is 22.8. The van der Waals surface area contributed by atoms with Gasteiger partial charge in [-0.2, -0.15) is 0 Å². The van der Waals surface area contributed by atoms with Crippen molar-refractivity contribution in [2.24, 2.45) is 5.92 Å². The highest BCUT2D eigenvalue weighted by atomic mass is 16.5. The molecule has 0 saturated heterocycles. The quantitative estimate of drug-likeness (QED) is 0.593. The number of methoxy groups -OCH3 is 2. The van der Waals surface area contributed by atoms with Gasteiger partial charge in [0.1, 0.15) is 17.5 Å². The van der Waals surface area contributed by atoms with Gasteiger partial charge in [-0.25, -0.2) is 0 Å². The Morgan fingerprint density at radius 1 is 0.968 bits per heavy atom. The molecule has 6 nitrogen and oxygen atoms in total. The molecular formula is C25H34N2O4. The van der Waals surface area contributed by atoms with Gasteiger partial charge in [-0.3, -0.25) is 9.59 Å². The third kappa shape index (κ3) is 7.31. The molecule has 0 fully saturated rings. The number of rotatable bonds is 11. The van der Waals surface area contributed by atoms with Crippen molar-refractivity contribution in [3.05, 3.63) is 59.7 Å². The maximum absolute atomic E-state index is 13.4. The average molecular weight is 427 g/mol. The van der Waals surface area contributed by atoms with Crippen LogP contribution < -0.4 is 14.8 Å². The molecule has 1 N–H and O–H groups in total. The van der Waals surface area contributed by atoms with Gasteiger partial charge in [0.2, 0.25) is 11.8 Å². The first-order valence-corrected chi connectivity index (χ1v) is 10.7. The lowest BCUT2D eigenvalue weighted by Gasteiger charge is -2.31. The number of hydrogen-bond donors (Lipinski definition) is 1. The summed E-state index contributed by atoms with van der Waals surface area (Å²) in [5.74, 6) is 1.58. The summed E-state index contributed by atoms with van der Waals surface area (Å²) >= 11 is 0. The second kappa shape index (κ2) is 12.0. The molecule has 0 bridgehead atoms. The number of carbonyl (C=O) groups is 2. The van der Waals surface area contributed by atoms with Crippen LogP contribution >= 0.6 is 0 Å². The Morgan fingerprint density at radius 2 is 1.65 bits per heavy atom. The maximum Gasteiger partial charge on any atom is 0.242 e. The minimum absolute atomic E-state index is 0.0977. The molecule has 2 aromatic rings. The van der Waals surface area contributed by atoms with Gasteiger partial charge < -0.3 is 19.7 Å². The Hall–Kier alpha value is -3.02. The molecule has 0 spiro atoms. The van der Waals surface area contributed by atoms with Crippen molar-refractivity contribution >= 4 is 11.8 Å². The van der Waals surface area contributed by atoms with Gasteiger partial charge in [-0.15, -0.1) is 0 Å². The topological polar surface area (TPSA) is 67.9 Å². The lowest BCUT2D eigenvalue weighted by Crippen LogP contribution is -2.50. The maximum atomic E-state index is 13.4. The Kier molecular flexibility index (Phi) is 9.38. The van der Waals surface area contributed by atoms with Crippen molar-refractivity contribution in [2.45, 2.75) is 46.2 Å². The van der Waals surface area contributed by atoms with Crippen LogP contribution in [0.15, 0.2) is 48.5 Å². The first kappa shape index (κ1) is 24.3. The molecular weight excluding hydrogens is 392 g/mol. The first-order chi connectivity index (χ1) is 14.9. The molecule has 2 amide bonds. The number of benzene rings is 2. The van der Waals surface area contributed by atoms with Crippen molar-refractivity contribution in [1.29, 1.82) is 0 Å². The van der Waals surface area contributed by atoms with E-state index in [9.17, 15) is 9.59 Å². The van der Waals surface area contributed by atoms with E-state index in [1.807, 2.05) is 69.3 Å². The lowest BCUT2D eigenvalue weighted by molar-refractivity contribution is -0.141. The predicted molar refractivity (Wildman–Crippen MR) is 122 cm³/mol. The van der Waals surface area contributed by atoms with Crippen molar-refractivity contribution in [3.8, 4) is 11.5 Å². The molecule has 1 unspecified atom stereocenters. The second-order valence-electron chi connectivity index (χ2n) is 7.96. The van der Waals surface area contributed by atoms with Crippen LogP contribution in [0.3, 0.4) is 0 Å². The zero-order valence-electron chi connectivity index (χ0n) is 19.2. The van der Waals surface area contributed by atoms with E-state index in [2.05, 4.69) is 5.32 Å². The number of hydrogen-bond acceptors (Lipinski definition) is 4. The number of nitrogens with zero attached hydrogens (tertiary/aromatic N) is 1. The summed E-state index contributed by atoms with van der Waals surface area (Å²) in [6.07, 6.45) is 0.740. The average Bonchev–Trinajstić information content (AvgIpc) is 2.78. The van der Waals surface area contributed by atoms with E-state index in [1.165, 1.54) is 0 Å². The monoisotopic (exact) mass is 426 g/mol. The van der Waals surface area contributed by atoms with Crippen molar-refractivity contribution in [1.82, 2.24) is 10.2 Å². The van der Waals surface area contributed by atoms with E-state index >= 15 is 0 Å². The van der Waals surface area contributed by atoms with Crippen LogP contribution in [0.25, 0.3) is 0 Å². The molecule has 1 atom stereocenters. The summed E-state index contributed by atoms with van der Waals surface area (Å²) in [5, 5.41) is 2.98. The van der Waals surface area contributed by atoms with Gasteiger partial charge >= 0.3 is 0 Å².